The number of likely N-dealkylation sites (N-methyl/N-ethyl adjacent to an activating group) is 1. The van der Waals surface area contributed by atoms with Crippen LogP contribution in [0.25, 0.3) is 10.9 Å². The Labute approximate surface area is 113 Å². The van der Waals surface area contributed by atoms with Crippen LogP contribution in [0.5, 0.6) is 0 Å². The molecule has 1 aliphatic rings. The number of nitrogen functional groups attached to an aromatic ring is 1. The zero-order valence-electron chi connectivity index (χ0n) is 11.4. The number of aromatic nitrogens is 2. The monoisotopic (exact) mass is 259 g/mol. The van der Waals surface area contributed by atoms with Crippen LogP contribution in [0, 0.1) is 0 Å². The van der Waals surface area contributed by atoms with Gasteiger partial charge in [-0.25, -0.2) is 0 Å². The quantitative estimate of drug-likeness (QED) is 0.888. The molecule has 1 aliphatic heterocycles. The number of nitrogens with zero attached hydrogens (tertiary/aromatic N) is 4. The number of hydrogen-bond donors (Lipinski definition) is 1. The summed E-state index contributed by atoms with van der Waals surface area (Å²) in [4.78, 5) is 4.87. The van der Waals surface area contributed by atoms with Crippen LogP contribution in [0.3, 0.4) is 0 Å². The fourth-order valence-electron chi connectivity index (χ4n) is 2.63. The molecule has 0 unspecified atom stereocenters. The second-order valence-corrected chi connectivity index (χ2v) is 5.27. The van der Waals surface area contributed by atoms with Gasteiger partial charge in [0.05, 0.1) is 12.1 Å². The highest BCUT2D eigenvalue weighted by atomic mass is 15.3. The molecule has 5 nitrogen and oxygen atoms in total. The minimum Gasteiger partial charge on any atom is -0.382 e. The van der Waals surface area contributed by atoms with Gasteiger partial charge in [-0.2, -0.15) is 5.10 Å². The average molecular weight is 259 g/mol. The predicted octanol–water partition coefficient (Wildman–Crippen LogP) is 0.866. The lowest BCUT2D eigenvalue weighted by Gasteiger charge is -2.32. The molecule has 0 atom stereocenters. The Morgan fingerprint density at radius 3 is 2.63 bits per heavy atom. The maximum atomic E-state index is 5.95. The fraction of sp³-hybridized carbons (Fsp3) is 0.500. The lowest BCUT2D eigenvalue weighted by Crippen LogP contribution is -2.45. The van der Waals surface area contributed by atoms with Gasteiger partial charge in [-0.05, 0) is 19.2 Å². The van der Waals surface area contributed by atoms with Crippen molar-refractivity contribution >= 4 is 16.7 Å². The molecule has 1 aromatic carbocycles. The molecule has 102 valence electrons. The van der Waals surface area contributed by atoms with Gasteiger partial charge in [-0.1, -0.05) is 12.1 Å². The van der Waals surface area contributed by atoms with Crippen LogP contribution in [-0.2, 0) is 6.54 Å². The summed E-state index contributed by atoms with van der Waals surface area (Å²) in [6.45, 7) is 6.54. The molecule has 2 aromatic rings. The molecule has 1 aromatic heterocycles. The lowest BCUT2D eigenvalue weighted by atomic mass is 10.2. The van der Waals surface area contributed by atoms with E-state index in [9.17, 15) is 0 Å². The average Bonchev–Trinajstić information content (AvgIpc) is 2.76. The predicted molar refractivity (Wildman–Crippen MR) is 78.1 cm³/mol. The molecule has 1 fully saturated rings. The first-order valence-electron chi connectivity index (χ1n) is 6.86. The molecule has 2 heterocycles. The standard InChI is InChI=1S/C14H21N5/c1-17-6-8-18(9-7-17)10-11-19-13-5-3-2-4-12(13)14(15)16-19/h2-5H,6-11H2,1H3,(H2,15,16). The highest BCUT2D eigenvalue weighted by molar-refractivity contribution is 5.88. The summed E-state index contributed by atoms with van der Waals surface area (Å²) in [6.07, 6.45) is 0. The third-order valence-corrected chi connectivity index (χ3v) is 3.91. The molecular formula is C14H21N5. The smallest absolute Gasteiger partial charge is 0.153 e. The number of anilines is 1. The van der Waals surface area contributed by atoms with E-state index in [2.05, 4.69) is 28.0 Å². The van der Waals surface area contributed by atoms with Gasteiger partial charge in [-0.15, -0.1) is 0 Å². The van der Waals surface area contributed by atoms with E-state index in [1.807, 2.05) is 22.9 Å². The minimum absolute atomic E-state index is 0.633. The SMILES string of the molecule is CN1CCN(CCn2nc(N)c3ccccc32)CC1. The van der Waals surface area contributed by atoms with E-state index in [4.69, 9.17) is 5.73 Å². The summed E-state index contributed by atoms with van der Waals surface area (Å²) < 4.78 is 2.03. The third kappa shape index (κ3) is 2.57. The first-order valence-corrected chi connectivity index (χ1v) is 6.86. The highest BCUT2D eigenvalue weighted by Crippen LogP contribution is 2.19. The van der Waals surface area contributed by atoms with Crippen LogP contribution < -0.4 is 5.73 Å². The van der Waals surface area contributed by atoms with Gasteiger partial charge in [-0.3, -0.25) is 9.58 Å². The Balaban J connectivity index is 1.69. The summed E-state index contributed by atoms with van der Waals surface area (Å²) in [5.41, 5.74) is 7.09. The zero-order chi connectivity index (χ0) is 13.2. The fourth-order valence-corrected chi connectivity index (χ4v) is 2.63. The molecular weight excluding hydrogens is 238 g/mol. The van der Waals surface area contributed by atoms with Crippen molar-refractivity contribution in [1.82, 2.24) is 19.6 Å². The highest BCUT2D eigenvalue weighted by Gasteiger charge is 2.14. The summed E-state index contributed by atoms with van der Waals surface area (Å²) in [7, 11) is 2.18. The van der Waals surface area contributed by atoms with E-state index in [1.54, 1.807) is 0 Å². The Bertz CT molecular complexity index is 554. The van der Waals surface area contributed by atoms with E-state index in [0.29, 0.717) is 5.82 Å². The summed E-state index contributed by atoms with van der Waals surface area (Å²) in [5, 5.41) is 5.50. The van der Waals surface area contributed by atoms with Gasteiger partial charge in [0, 0.05) is 38.1 Å². The summed E-state index contributed by atoms with van der Waals surface area (Å²) >= 11 is 0. The van der Waals surface area contributed by atoms with Crippen molar-refractivity contribution in [2.45, 2.75) is 6.54 Å². The van der Waals surface area contributed by atoms with Crippen LogP contribution in [0.1, 0.15) is 0 Å². The molecule has 19 heavy (non-hydrogen) atoms. The Morgan fingerprint density at radius 1 is 1.11 bits per heavy atom. The number of fused-ring (bicyclic) bond motifs is 1. The van der Waals surface area contributed by atoms with Crippen molar-refractivity contribution in [3.8, 4) is 0 Å². The van der Waals surface area contributed by atoms with Crippen molar-refractivity contribution in [2.24, 2.45) is 0 Å². The van der Waals surface area contributed by atoms with Crippen LogP contribution in [0.2, 0.25) is 0 Å². The number of piperazine rings is 1. The molecule has 1 saturated heterocycles. The van der Waals surface area contributed by atoms with Crippen molar-refractivity contribution < 1.29 is 0 Å². The Morgan fingerprint density at radius 2 is 1.84 bits per heavy atom. The summed E-state index contributed by atoms with van der Waals surface area (Å²) in [6, 6.07) is 8.16. The maximum absolute atomic E-state index is 5.95. The normalized spacial score (nSPS) is 18.2. The molecule has 0 bridgehead atoms. The third-order valence-electron chi connectivity index (χ3n) is 3.91. The molecule has 5 heteroatoms. The molecule has 0 aliphatic carbocycles. The number of nitrogens with two attached hydrogens (primary N) is 1. The number of benzene rings is 1. The summed E-state index contributed by atoms with van der Waals surface area (Å²) in [5.74, 6) is 0.633. The topological polar surface area (TPSA) is 50.3 Å². The van der Waals surface area contributed by atoms with Gasteiger partial charge < -0.3 is 10.6 Å². The van der Waals surface area contributed by atoms with E-state index >= 15 is 0 Å². The van der Waals surface area contributed by atoms with Crippen molar-refractivity contribution in [3.63, 3.8) is 0 Å². The molecule has 3 rings (SSSR count). The van der Waals surface area contributed by atoms with Crippen molar-refractivity contribution in [1.29, 1.82) is 0 Å². The molecule has 2 N–H and O–H groups in total. The van der Waals surface area contributed by atoms with E-state index in [0.717, 1.165) is 50.2 Å². The molecule has 0 amide bonds. The van der Waals surface area contributed by atoms with Crippen LogP contribution in [0.4, 0.5) is 5.82 Å². The van der Waals surface area contributed by atoms with Crippen LogP contribution in [-0.4, -0.2) is 59.4 Å². The molecule has 0 saturated carbocycles. The van der Waals surface area contributed by atoms with E-state index < -0.39 is 0 Å². The second-order valence-electron chi connectivity index (χ2n) is 5.27. The Hall–Kier alpha value is -1.59. The van der Waals surface area contributed by atoms with E-state index in [-0.39, 0.29) is 0 Å². The Kier molecular flexibility index (Phi) is 3.40. The van der Waals surface area contributed by atoms with Gasteiger partial charge >= 0.3 is 0 Å². The van der Waals surface area contributed by atoms with Crippen molar-refractivity contribution in [3.05, 3.63) is 24.3 Å². The first-order chi connectivity index (χ1) is 9.24. The zero-order valence-corrected chi connectivity index (χ0v) is 11.4. The number of rotatable bonds is 3. The minimum atomic E-state index is 0.633. The maximum Gasteiger partial charge on any atom is 0.153 e. The molecule has 0 spiro atoms. The number of hydrogen-bond acceptors (Lipinski definition) is 4. The largest absolute Gasteiger partial charge is 0.382 e. The van der Waals surface area contributed by atoms with Gasteiger partial charge in [0.1, 0.15) is 0 Å². The molecule has 0 radical (unpaired) electrons. The van der Waals surface area contributed by atoms with Crippen LogP contribution >= 0.6 is 0 Å². The van der Waals surface area contributed by atoms with Gasteiger partial charge in [0.2, 0.25) is 0 Å². The first kappa shape index (κ1) is 12.4. The van der Waals surface area contributed by atoms with Gasteiger partial charge in [0.25, 0.3) is 0 Å². The van der Waals surface area contributed by atoms with Crippen LogP contribution in [0.15, 0.2) is 24.3 Å². The number of para-hydroxylation sites is 1. The second kappa shape index (κ2) is 5.19. The lowest BCUT2D eigenvalue weighted by molar-refractivity contribution is 0.149. The van der Waals surface area contributed by atoms with E-state index in [1.165, 1.54) is 0 Å². The van der Waals surface area contributed by atoms with Gasteiger partial charge in [0.15, 0.2) is 5.82 Å². The van der Waals surface area contributed by atoms with Crippen molar-refractivity contribution in [2.75, 3.05) is 45.5 Å².